The number of aryl methyl sites for hydroxylation is 1. The largest absolute Gasteiger partial charge is 0.465 e. The molecule has 1 aliphatic rings. The van der Waals surface area contributed by atoms with Crippen LogP contribution in [0.25, 0.3) is 0 Å². The second kappa shape index (κ2) is 13.3. The van der Waals surface area contributed by atoms with E-state index < -0.39 is 17.6 Å². The molecule has 1 unspecified atom stereocenters. The van der Waals surface area contributed by atoms with Gasteiger partial charge in [-0.2, -0.15) is 0 Å². The summed E-state index contributed by atoms with van der Waals surface area (Å²) >= 11 is 0. The van der Waals surface area contributed by atoms with Crippen molar-refractivity contribution in [2.24, 2.45) is 11.7 Å². The van der Waals surface area contributed by atoms with Crippen LogP contribution in [-0.2, 0) is 16.0 Å². The summed E-state index contributed by atoms with van der Waals surface area (Å²) in [5.74, 6) is -2.11. The molecule has 3 rings (SSSR count). The van der Waals surface area contributed by atoms with E-state index in [2.05, 4.69) is 43.1 Å². The van der Waals surface area contributed by atoms with Crippen LogP contribution in [-0.4, -0.2) is 44.2 Å². The van der Waals surface area contributed by atoms with Crippen molar-refractivity contribution in [3.05, 3.63) is 70.8 Å². The number of carbonyl (C=O) groups is 1. The molecular formula is C26H36F2N2O2. The van der Waals surface area contributed by atoms with E-state index in [0.717, 1.165) is 45.0 Å². The summed E-state index contributed by atoms with van der Waals surface area (Å²) in [7, 11) is 2.08. The molecule has 2 aromatic carbocycles. The van der Waals surface area contributed by atoms with Gasteiger partial charge < -0.3 is 15.4 Å². The number of carbonyl (C=O) groups excluding carboxylic acids is 1. The summed E-state index contributed by atoms with van der Waals surface area (Å²) in [5, 5.41) is 0. The fourth-order valence-electron chi connectivity index (χ4n) is 3.81. The standard InChI is InChI=1S/C17H23F2NO2.C9H13N/c1-12(14-4-3-5-15(18)17(14)19)10-16(21)22-11-13-6-8-20(2)9-7-13;1-8-4-2-3-5-9(8)6-7-10/h3-5,12-13H,6-11H2,1-2H3;2-5H,6-7,10H2,1H3. The lowest BCUT2D eigenvalue weighted by atomic mass is 9.96. The number of hydrogen-bond acceptors (Lipinski definition) is 4. The number of rotatable bonds is 7. The summed E-state index contributed by atoms with van der Waals surface area (Å²) in [6.07, 6.45) is 3.11. The lowest BCUT2D eigenvalue weighted by Gasteiger charge is -2.28. The van der Waals surface area contributed by atoms with Crippen molar-refractivity contribution >= 4 is 5.97 Å². The molecule has 0 aliphatic carbocycles. The van der Waals surface area contributed by atoms with Crippen LogP contribution < -0.4 is 5.73 Å². The van der Waals surface area contributed by atoms with Gasteiger partial charge in [0.2, 0.25) is 0 Å². The van der Waals surface area contributed by atoms with E-state index in [1.165, 1.54) is 23.3 Å². The fourth-order valence-corrected chi connectivity index (χ4v) is 3.81. The first-order valence-electron chi connectivity index (χ1n) is 11.3. The van der Waals surface area contributed by atoms with Crippen LogP contribution in [0.2, 0.25) is 0 Å². The van der Waals surface area contributed by atoms with Gasteiger partial charge in [0.15, 0.2) is 11.6 Å². The van der Waals surface area contributed by atoms with E-state index in [0.29, 0.717) is 12.5 Å². The topological polar surface area (TPSA) is 55.6 Å². The first-order valence-corrected chi connectivity index (χ1v) is 11.3. The van der Waals surface area contributed by atoms with E-state index >= 15 is 0 Å². The van der Waals surface area contributed by atoms with E-state index in [4.69, 9.17) is 10.5 Å². The monoisotopic (exact) mass is 446 g/mol. The number of esters is 1. The molecule has 4 nitrogen and oxygen atoms in total. The molecule has 1 atom stereocenters. The summed E-state index contributed by atoms with van der Waals surface area (Å²) in [5.41, 5.74) is 8.35. The van der Waals surface area contributed by atoms with Gasteiger partial charge in [0, 0.05) is 0 Å². The molecule has 0 radical (unpaired) electrons. The van der Waals surface area contributed by atoms with Crippen LogP contribution in [0, 0.1) is 24.5 Å². The number of halogens is 2. The number of hydrogen-bond donors (Lipinski definition) is 1. The van der Waals surface area contributed by atoms with Crippen LogP contribution in [0.4, 0.5) is 8.78 Å². The Balaban J connectivity index is 0.000000303. The number of nitrogens with zero attached hydrogens (tertiary/aromatic N) is 1. The van der Waals surface area contributed by atoms with Gasteiger partial charge in [-0.25, -0.2) is 8.78 Å². The molecule has 1 aliphatic heterocycles. The van der Waals surface area contributed by atoms with E-state index in [1.54, 1.807) is 6.92 Å². The van der Waals surface area contributed by atoms with E-state index in [-0.39, 0.29) is 18.0 Å². The van der Waals surface area contributed by atoms with Gasteiger partial charge in [0.25, 0.3) is 0 Å². The first-order chi connectivity index (χ1) is 15.3. The first kappa shape index (κ1) is 25.9. The second-order valence-electron chi connectivity index (χ2n) is 8.64. The highest BCUT2D eigenvalue weighted by molar-refractivity contribution is 5.70. The Hall–Kier alpha value is -2.31. The molecule has 0 spiro atoms. The number of ether oxygens (including phenoxy) is 1. The van der Waals surface area contributed by atoms with Crippen molar-refractivity contribution in [2.75, 3.05) is 33.3 Å². The van der Waals surface area contributed by atoms with Crippen molar-refractivity contribution in [3.8, 4) is 0 Å². The summed E-state index contributed by atoms with van der Waals surface area (Å²) in [4.78, 5) is 14.1. The molecule has 0 bridgehead atoms. The van der Waals surface area contributed by atoms with Crippen molar-refractivity contribution < 1.29 is 18.3 Å². The van der Waals surface area contributed by atoms with Crippen LogP contribution >= 0.6 is 0 Å². The van der Waals surface area contributed by atoms with Crippen LogP contribution in [0.1, 0.15) is 48.8 Å². The van der Waals surface area contributed by atoms with Crippen molar-refractivity contribution in [1.29, 1.82) is 0 Å². The van der Waals surface area contributed by atoms with Crippen LogP contribution in [0.5, 0.6) is 0 Å². The molecule has 0 saturated carbocycles. The predicted octanol–water partition coefficient (Wildman–Crippen LogP) is 4.84. The minimum Gasteiger partial charge on any atom is -0.465 e. The van der Waals surface area contributed by atoms with Crippen molar-refractivity contribution in [1.82, 2.24) is 4.90 Å². The minimum absolute atomic E-state index is 0.0625. The Morgan fingerprint density at radius 2 is 1.84 bits per heavy atom. The minimum atomic E-state index is -0.885. The number of likely N-dealkylation sites (tertiary alicyclic amines) is 1. The maximum Gasteiger partial charge on any atom is 0.306 e. The molecule has 2 aromatic rings. The van der Waals surface area contributed by atoms with Gasteiger partial charge in [-0.3, -0.25) is 4.79 Å². The predicted molar refractivity (Wildman–Crippen MR) is 125 cm³/mol. The van der Waals surface area contributed by atoms with Gasteiger partial charge >= 0.3 is 5.97 Å². The third-order valence-electron chi connectivity index (χ3n) is 5.98. The summed E-state index contributed by atoms with van der Waals surface area (Å²) in [6, 6.07) is 12.4. The maximum absolute atomic E-state index is 13.7. The Kier molecular flexibility index (Phi) is 10.8. The quantitative estimate of drug-likeness (QED) is 0.619. The lowest BCUT2D eigenvalue weighted by molar-refractivity contribution is -0.145. The van der Waals surface area contributed by atoms with Gasteiger partial charge in [-0.05, 0) is 87.5 Å². The van der Waals surface area contributed by atoms with E-state index in [1.807, 2.05) is 0 Å². The maximum atomic E-state index is 13.7. The molecule has 176 valence electrons. The Morgan fingerprint density at radius 1 is 1.16 bits per heavy atom. The van der Waals surface area contributed by atoms with Gasteiger partial charge in [-0.1, -0.05) is 43.3 Å². The molecule has 0 aromatic heterocycles. The zero-order chi connectivity index (χ0) is 23.5. The summed E-state index contributed by atoms with van der Waals surface area (Å²) < 4.78 is 32.2. The molecular weight excluding hydrogens is 410 g/mol. The molecule has 6 heteroatoms. The van der Waals surface area contributed by atoms with Gasteiger partial charge in [-0.15, -0.1) is 0 Å². The molecule has 2 N–H and O–H groups in total. The molecule has 1 fully saturated rings. The van der Waals surface area contributed by atoms with Crippen molar-refractivity contribution in [3.63, 3.8) is 0 Å². The Morgan fingerprint density at radius 3 is 2.50 bits per heavy atom. The van der Waals surface area contributed by atoms with E-state index in [9.17, 15) is 13.6 Å². The third-order valence-corrected chi connectivity index (χ3v) is 5.98. The molecule has 1 heterocycles. The fraction of sp³-hybridized carbons (Fsp3) is 0.500. The smallest absolute Gasteiger partial charge is 0.306 e. The van der Waals surface area contributed by atoms with Gasteiger partial charge in [0.1, 0.15) is 0 Å². The Labute approximate surface area is 190 Å². The zero-order valence-electron chi connectivity index (χ0n) is 19.4. The number of benzene rings is 2. The molecule has 1 saturated heterocycles. The molecule has 32 heavy (non-hydrogen) atoms. The SMILES string of the molecule is CC(CC(=O)OCC1CCN(C)CC1)c1cccc(F)c1F.Cc1ccccc1CCN. The highest BCUT2D eigenvalue weighted by Gasteiger charge is 2.21. The number of nitrogens with two attached hydrogens (primary N) is 1. The average molecular weight is 447 g/mol. The number of piperidine rings is 1. The summed E-state index contributed by atoms with van der Waals surface area (Å²) in [6.45, 7) is 7.02. The van der Waals surface area contributed by atoms with Gasteiger partial charge in [0.05, 0.1) is 13.0 Å². The highest BCUT2D eigenvalue weighted by Crippen LogP contribution is 2.24. The second-order valence-corrected chi connectivity index (χ2v) is 8.64. The normalized spacial score (nSPS) is 15.6. The van der Waals surface area contributed by atoms with Crippen LogP contribution in [0.3, 0.4) is 0 Å². The molecule has 0 amide bonds. The lowest BCUT2D eigenvalue weighted by Crippen LogP contribution is -2.32. The van der Waals surface area contributed by atoms with Crippen LogP contribution in [0.15, 0.2) is 42.5 Å². The van der Waals surface area contributed by atoms with Crippen molar-refractivity contribution in [2.45, 2.75) is 45.4 Å². The average Bonchev–Trinajstić information content (AvgIpc) is 2.77. The Bertz CT molecular complexity index is 851. The zero-order valence-corrected chi connectivity index (χ0v) is 19.4. The highest BCUT2D eigenvalue weighted by atomic mass is 19.2. The third kappa shape index (κ3) is 8.32.